The van der Waals surface area contributed by atoms with Gasteiger partial charge in [-0.05, 0) is 44.9 Å². The predicted octanol–water partition coefficient (Wildman–Crippen LogP) is 3.07. The molecule has 2 amide bonds. The molecule has 0 aromatic rings. The number of esters is 1. The third-order valence-electron chi connectivity index (χ3n) is 8.45. The molecule has 1 unspecified atom stereocenters. The van der Waals surface area contributed by atoms with Crippen molar-refractivity contribution in [3.8, 4) is 0 Å². The number of ether oxygens (including phenoxy) is 1. The number of cyclic esters (lactones) is 1. The highest BCUT2D eigenvalue weighted by Crippen LogP contribution is 2.60. The van der Waals surface area contributed by atoms with Gasteiger partial charge in [0.1, 0.15) is 6.04 Å². The molecular weight excluding hydrogens is 464 g/mol. The molecule has 7 nitrogen and oxygen atoms in total. The molecule has 0 radical (unpaired) electrons. The van der Waals surface area contributed by atoms with Gasteiger partial charge in [0.05, 0.1) is 23.2 Å². The molecule has 192 valence electrons. The molecule has 3 fully saturated rings. The van der Waals surface area contributed by atoms with Crippen molar-refractivity contribution in [1.29, 1.82) is 0 Å². The number of aliphatic hydroxyl groups excluding tert-OH is 1. The molecule has 2 saturated heterocycles. The van der Waals surface area contributed by atoms with Crippen molar-refractivity contribution >= 4 is 29.5 Å². The number of carbonyl (C=O) groups excluding carboxylic acids is 3. The Morgan fingerprint density at radius 2 is 1.86 bits per heavy atom. The Balaban J connectivity index is 1.52. The number of likely N-dealkylation sites (tertiary alicyclic amines) is 1. The molecule has 35 heavy (non-hydrogen) atoms. The van der Waals surface area contributed by atoms with Crippen molar-refractivity contribution in [2.45, 2.75) is 86.3 Å². The lowest BCUT2D eigenvalue weighted by molar-refractivity contribution is -0.153. The minimum atomic E-state index is -0.757. The van der Waals surface area contributed by atoms with Crippen molar-refractivity contribution in [1.82, 2.24) is 9.80 Å². The topological polar surface area (TPSA) is 87.2 Å². The van der Waals surface area contributed by atoms with Gasteiger partial charge in [-0.15, -0.1) is 11.8 Å². The van der Waals surface area contributed by atoms with E-state index in [1.807, 2.05) is 4.90 Å². The van der Waals surface area contributed by atoms with E-state index in [4.69, 9.17) is 4.74 Å². The number of carbonyl (C=O) groups is 3. The number of hydrogen-bond acceptors (Lipinski definition) is 6. The highest BCUT2D eigenvalue weighted by Gasteiger charge is 2.71. The minimum Gasteiger partial charge on any atom is -0.465 e. The first-order chi connectivity index (χ1) is 17.1. The van der Waals surface area contributed by atoms with E-state index in [-0.39, 0.29) is 35.7 Å². The van der Waals surface area contributed by atoms with E-state index < -0.39 is 22.6 Å². The Morgan fingerprint density at radius 1 is 1.03 bits per heavy atom. The van der Waals surface area contributed by atoms with Gasteiger partial charge < -0.3 is 19.6 Å². The summed E-state index contributed by atoms with van der Waals surface area (Å²) in [5, 5.41) is 9.03. The van der Waals surface area contributed by atoms with Gasteiger partial charge in [-0.2, -0.15) is 0 Å². The summed E-state index contributed by atoms with van der Waals surface area (Å²) in [6.45, 7) is 1.53. The Kier molecular flexibility index (Phi) is 7.58. The standard InChI is InChI=1S/C27H38N2O5S/c30-17-8-3-7-15-29-23-25(32)28(19-11-4-1-5-12-19)16-10-14-27(23)22(24(29)31)21-20(35-27)13-6-2-9-18-34-26(21)33/h6,10,13-14,19-23,30H,1-5,7-9,11-12,15-18H2/b13-6-/t20-,21+,22+,23?,27+/m1/s1. The molecule has 0 aromatic carbocycles. The molecule has 5 atom stereocenters. The number of unbranched alkanes of at least 4 members (excludes halogenated alkanes) is 2. The summed E-state index contributed by atoms with van der Waals surface area (Å²) in [7, 11) is 0. The normalized spacial score (nSPS) is 36.5. The highest BCUT2D eigenvalue weighted by molar-refractivity contribution is 8.02. The van der Waals surface area contributed by atoms with Gasteiger partial charge in [-0.25, -0.2) is 0 Å². The molecule has 8 heteroatoms. The van der Waals surface area contributed by atoms with Crippen LogP contribution in [0.1, 0.15) is 64.2 Å². The van der Waals surface area contributed by atoms with Gasteiger partial charge in [0, 0.05) is 31.0 Å². The zero-order valence-corrected chi connectivity index (χ0v) is 21.3. The van der Waals surface area contributed by atoms with Crippen molar-refractivity contribution in [2.24, 2.45) is 11.8 Å². The first-order valence-electron chi connectivity index (χ1n) is 13.5. The molecule has 1 N–H and O–H groups in total. The Bertz CT molecular complexity index is 885. The molecule has 1 aliphatic carbocycles. The zero-order chi connectivity index (χ0) is 24.4. The van der Waals surface area contributed by atoms with Crippen LogP contribution >= 0.6 is 11.8 Å². The molecule has 1 saturated carbocycles. The van der Waals surface area contributed by atoms with E-state index >= 15 is 0 Å². The Morgan fingerprint density at radius 3 is 2.66 bits per heavy atom. The molecule has 5 aliphatic rings. The van der Waals surface area contributed by atoms with Crippen LogP contribution in [0.25, 0.3) is 0 Å². The molecular formula is C27H38N2O5S. The average molecular weight is 503 g/mol. The summed E-state index contributed by atoms with van der Waals surface area (Å²) in [6, 6.07) is -0.383. The Labute approximate surface area is 212 Å². The monoisotopic (exact) mass is 502 g/mol. The van der Waals surface area contributed by atoms with Crippen molar-refractivity contribution in [3.05, 3.63) is 24.3 Å². The second-order valence-corrected chi connectivity index (χ2v) is 12.1. The number of thioether (sulfide) groups is 1. The number of rotatable bonds is 6. The Hall–Kier alpha value is -1.80. The molecule has 0 aromatic heterocycles. The lowest BCUT2D eigenvalue weighted by atomic mass is 9.78. The summed E-state index contributed by atoms with van der Waals surface area (Å²) < 4.78 is 4.86. The summed E-state index contributed by atoms with van der Waals surface area (Å²) >= 11 is 1.62. The fraction of sp³-hybridized carbons (Fsp3) is 0.741. The van der Waals surface area contributed by atoms with Crippen molar-refractivity contribution < 1.29 is 24.2 Å². The summed E-state index contributed by atoms with van der Waals surface area (Å²) in [5.74, 6) is -1.53. The summed E-state index contributed by atoms with van der Waals surface area (Å²) in [4.78, 5) is 45.4. The SMILES string of the molecule is O=C1OCCC/C=C\[C@H]2S[C@]34C=CCN(C5CCCCC5)C(=O)C3N(CCCCCO)C(=O)[C@@H]4[C@@H]12. The largest absolute Gasteiger partial charge is 0.465 e. The first-order valence-corrected chi connectivity index (χ1v) is 14.4. The van der Waals surface area contributed by atoms with E-state index in [9.17, 15) is 19.5 Å². The fourth-order valence-corrected chi connectivity index (χ4v) is 8.80. The van der Waals surface area contributed by atoms with Gasteiger partial charge in [0.2, 0.25) is 11.8 Å². The third-order valence-corrected chi connectivity index (χ3v) is 10.2. The highest BCUT2D eigenvalue weighted by atomic mass is 32.2. The zero-order valence-electron chi connectivity index (χ0n) is 20.5. The maximum atomic E-state index is 14.3. The van der Waals surface area contributed by atoms with Crippen LogP contribution in [0.3, 0.4) is 0 Å². The third kappa shape index (κ3) is 4.45. The van der Waals surface area contributed by atoms with Crippen LogP contribution in [0.5, 0.6) is 0 Å². The van der Waals surface area contributed by atoms with E-state index in [0.29, 0.717) is 26.1 Å². The van der Waals surface area contributed by atoms with Gasteiger partial charge in [-0.1, -0.05) is 43.6 Å². The molecule has 1 spiro atoms. The molecule has 4 heterocycles. The lowest BCUT2D eigenvalue weighted by Gasteiger charge is -2.39. The van der Waals surface area contributed by atoms with Gasteiger partial charge in [0.15, 0.2) is 0 Å². The second kappa shape index (κ2) is 10.7. The number of amides is 2. The van der Waals surface area contributed by atoms with Gasteiger partial charge in [0.25, 0.3) is 0 Å². The number of aliphatic hydroxyl groups is 1. The second-order valence-electron chi connectivity index (χ2n) is 10.6. The smallest absolute Gasteiger partial charge is 0.311 e. The minimum absolute atomic E-state index is 0.0382. The number of hydrogen-bond donors (Lipinski definition) is 1. The number of fused-ring (bicyclic) bond motifs is 2. The van der Waals surface area contributed by atoms with E-state index in [1.54, 1.807) is 16.7 Å². The van der Waals surface area contributed by atoms with E-state index in [2.05, 4.69) is 24.3 Å². The van der Waals surface area contributed by atoms with Crippen LogP contribution in [0.15, 0.2) is 24.3 Å². The van der Waals surface area contributed by atoms with E-state index in [0.717, 1.165) is 51.4 Å². The van der Waals surface area contributed by atoms with Gasteiger partial charge in [-0.3, -0.25) is 14.4 Å². The summed E-state index contributed by atoms with van der Waals surface area (Å²) in [5.41, 5.74) is 0. The van der Waals surface area contributed by atoms with Crippen LogP contribution in [0, 0.1) is 11.8 Å². The first kappa shape index (κ1) is 24.9. The predicted molar refractivity (Wildman–Crippen MR) is 135 cm³/mol. The molecule has 4 aliphatic heterocycles. The lowest BCUT2D eigenvalue weighted by Crippen LogP contribution is -2.55. The van der Waals surface area contributed by atoms with Crippen LogP contribution < -0.4 is 0 Å². The van der Waals surface area contributed by atoms with Crippen LogP contribution in [0.2, 0.25) is 0 Å². The van der Waals surface area contributed by atoms with Crippen LogP contribution in [-0.2, 0) is 19.1 Å². The van der Waals surface area contributed by atoms with Crippen molar-refractivity contribution in [3.63, 3.8) is 0 Å². The average Bonchev–Trinajstić information content (AvgIpc) is 3.27. The number of nitrogens with zero attached hydrogens (tertiary/aromatic N) is 2. The quantitative estimate of drug-likeness (QED) is 0.341. The molecule has 5 rings (SSSR count). The molecule has 0 bridgehead atoms. The fourth-order valence-electron chi connectivity index (χ4n) is 6.80. The van der Waals surface area contributed by atoms with E-state index in [1.165, 1.54) is 6.42 Å². The van der Waals surface area contributed by atoms with Crippen molar-refractivity contribution in [2.75, 3.05) is 26.3 Å². The maximum Gasteiger partial charge on any atom is 0.311 e. The number of allylic oxidation sites excluding steroid dienone is 1. The van der Waals surface area contributed by atoms with Crippen LogP contribution in [-0.4, -0.2) is 81.1 Å². The van der Waals surface area contributed by atoms with Crippen LogP contribution in [0.4, 0.5) is 0 Å². The summed E-state index contributed by atoms with van der Waals surface area (Å²) in [6.07, 6.45) is 17.7. The van der Waals surface area contributed by atoms with Gasteiger partial charge >= 0.3 is 5.97 Å². The maximum absolute atomic E-state index is 14.3.